The number of ether oxygens (including phenoxy) is 2. The van der Waals surface area contributed by atoms with E-state index in [1.807, 2.05) is 0 Å². The molecule has 1 aromatic carbocycles. The maximum atomic E-state index is 12.6. The molecule has 2 atom stereocenters. The molecule has 1 saturated heterocycles. The highest BCUT2D eigenvalue weighted by Gasteiger charge is 2.40. The Morgan fingerprint density at radius 3 is 2.00 bits per heavy atom. The van der Waals surface area contributed by atoms with Gasteiger partial charge in [0.1, 0.15) is 0 Å². The predicted octanol–water partition coefficient (Wildman–Crippen LogP) is 6.07. The fourth-order valence-corrected chi connectivity index (χ4v) is 5.34. The summed E-state index contributed by atoms with van der Waals surface area (Å²) in [6.45, 7) is 3.14. The van der Waals surface area contributed by atoms with Gasteiger partial charge in [-0.3, -0.25) is 14.8 Å². The van der Waals surface area contributed by atoms with E-state index in [1.165, 1.54) is 49.7 Å². The summed E-state index contributed by atoms with van der Waals surface area (Å²) < 4.78 is 10.4. The molecule has 0 N–H and O–H groups in total. The normalized spacial score (nSPS) is 18.7. The van der Waals surface area contributed by atoms with Gasteiger partial charge in [0, 0.05) is 43.7 Å². The number of carbonyl (C=O) groups excluding carboxylic acids is 2. The quantitative estimate of drug-likeness (QED) is 0.214. The van der Waals surface area contributed by atoms with Crippen LogP contribution in [0.2, 0.25) is 0 Å². The lowest BCUT2D eigenvalue weighted by molar-refractivity contribution is -0.152. The summed E-state index contributed by atoms with van der Waals surface area (Å²) in [6, 6.07) is 4.23. The Morgan fingerprint density at radius 1 is 0.853 bits per heavy atom. The monoisotopic (exact) mass is 467 g/mol. The number of benzene rings is 1. The molecule has 4 rings (SSSR count). The first-order chi connectivity index (χ1) is 16.7. The Balaban J connectivity index is 1.13. The van der Waals surface area contributed by atoms with Gasteiger partial charge in [0.25, 0.3) is 0 Å². The molecule has 7 nitrogen and oxygen atoms in total. The molecule has 0 saturated carbocycles. The number of amides is 1. The van der Waals surface area contributed by atoms with Gasteiger partial charge in [0.05, 0.1) is 11.0 Å². The summed E-state index contributed by atoms with van der Waals surface area (Å²) in [5, 5.41) is 0. The van der Waals surface area contributed by atoms with Crippen LogP contribution in [0.1, 0.15) is 101 Å². The second-order valence-electron chi connectivity index (χ2n) is 9.68. The molecule has 2 aliphatic rings. The van der Waals surface area contributed by atoms with Gasteiger partial charge < -0.3 is 14.4 Å². The predicted molar refractivity (Wildman–Crippen MR) is 130 cm³/mol. The number of likely N-dealkylation sites (tertiary alicyclic amines) is 1. The van der Waals surface area contributed by atoms with Crippen molar-refractivity contribution < 1.29 is 19.1 Å². The molecular formula is C27H37N3O4. The fourth-order valence-electron chi connectivity index (χ4n) is 5.34. The van der Waals surface area contributed by atoms with Crippen LogP contribution >= 0.6 is 0 Å². The minimum Gasteiger partial charge on any atom is -0.428 e. The molecule has 2 unspecified atom stereocenters. The van der Waals surface area contributed by atoms with Crippen molar-refractivity contribution in [1.29, 1.82) is 0 Å². The lowest BCUT2D eigenvalue weighted by Crippen LogP contribution is -2.40. The van der Waals surface area contributed by atoms with E-state index in [0.717, 1.165) is 36.7 Å². The first-order valence-corrected chi connectivity index (χ1v) is 13.0. The highest BCUT2D eigenvalue weighted by molar-refractivity contribution is 5.77. The second kappa shape index (κ2) is 12.1. The third-order valence-electron chi connectivity index (χ3n) is 7.15. The van der Waals surface area contributed by atoms with Gasteiger partial charge in [0.15, 0.2) is 0 Å². The SMILES string of the molecule is CCCCCCCCCCCC(=O)OCOC(=O)N1CC2CC(C1)c1cc3nccnc3cc12. The number of carbonyl (C=O) groups is 2. The van der Waals surface area contributed by atoms with E-state index in [4.69, 9.17) is 9.47 Å². The molecule has 1 fully saturated rings. The minimum atomic E-state index is -0.417. The van der Waals surface area contributed by atoms with Gasteiger partial charge in [0.2, 0.25) is 6.79 Å². The number of hydrogen-bond acceptors (Lipinski definition) is 6. The van der Waals surface area contributed by atoms with Crippen molar-refractivity contribution in [1.82, 2.24) is 14.9 Å². The van der Waals surface area contributed by atoms with Crippen molar-refractivity contribution in [2.24, 2.45) is 0 Å². The summed E-state index contributed by atoms with van der Waals surface area (Å²) in [5.41, 5.74) is 4.31. The zero-order chi connectivity index (χ0) is 23.8. The number of aromatic nitrogens is 2. The van der Waals surface area contributed by atoms with Crippen molar-refractivity contribution in [3.8, 4) is 0 Å². The van der Waals surface area contributed by atoms with Crippen LogP contribution in [0.15, 0.2) is 24.5 Å². The summed E-state index contributed by atoms with van der Waals surface area (Å²) in [6.07, 6.45) is 15.2. The standard InChI is InChI=1S/C27H37N3O4/c1-2-3-4-5-6-7-8-9-10-11-26(31)33-19-34-27(32)30-17-20-14-21(18-30)23-16-25-24(15-22(20)23)28-12-13-29-25/h12-13,15-16,20-21H,2-11,14,17-19H2,1H3. The van der Waals surface area contributed by atoms with E-state index in [9.17, 15) is 9.59 Å². The zero-order valence-electron chi connectivity index (χ0n) is 20.3. The molecular weight excluding hydrogens is 430 g/mol. The average Bonchev–Trinajstić information content (AvgIpc) is 3.10. The first-order valence-electron chi connectivity index (χ1n) is 13.0. The Morgan fingerprint density at radius 2 is 1.41 bits per heavy atom. The number of rotatable bonds is 12. The van der Waals surface area contributed by atoms with E-state index >= 15 is 0 Å². The number of fused-ring (bicyclic) bond motifs is 6. The molecule has 1 amide bonds. The fraction of sp³-hybridized carbons (Fsp3) is 0.630. The number of unbranched alkanes of at least 4 members (excludes halogenated alkanes) is 8. The van der Waals surface area contributed by atoms with Crippen molar-refractivity contribution in [3.05, 3.63) is 35.7 Å². The molecule has 0 spiro atoms. The molecule has 2 aromatic rings. The minimum absolute atomic E-state index is 0.280. The smallest absolute Gasteiger partial charge is 0.412 e. The van der Waals surface area contributed by atoms with Crippen LogP contribution in [0.5, 0.6) is 0 Å². The number of piperidine rings is 1. The summed E-state index contributed by atoms with van der Waals surface area (Å²) >= 11 is 0. The lowest BCUT2D eigenvalue weighted by Gasteiger charge is -2.31. The number of hydrogen-bond donors (Lipinski definition) is 0. The van der Waals surface area contributed by atoms with Gasteiger partial charge in [-0.25, -0.2) is 4.79 Å². The summed E-state index contributed by atoms with van der Waals surface area (Å²) in [5.74, 6) is 0.261. The molecule has 1 aliphatic heterocycles. The molecule has 0 radical (unpaired) electrons. The molecule has 1 aromatic heterocycles. The molecule has 184 valence electrons. The van der Waals surface area contributed by atoms with E-state index in [0.29, 0.717) is 19.5 Å². The largest absolute Gasteiger partial charge is 0.428 e. The Hall–Kier alpha value is -2.70. The van der Waals surface area contributed by atoms with Crippen LogP contribution in [0.3, 0.4) is 0 Å². The lowest BCUT2D eigenvalue weighted by atomic mass is 9.96. The molecule has 1 aliphatic carbocycles. The Labute approximate surface area is 202 Å². The highest BCUT2D eigenvalue weighted by Crippen LogP contribution is 2.46. The van der Waals surface area contributed by atoms with Gasteiger partial charge >= 0.3 is 12.1 Å². The van der Waals surface area contributed by atoms with Crippen molar-refractivity contribution >= 4 is 23.1 Å². The second-order valence-corrected chi connectivity index (χ2v) is 9.68. The van der Waals surface area contributed by atoms with Gasteiger partial charge in [-0.05, 0) is 36.1 Å². The van der Waals surface area contributed by atoms with Gasteiger partial charge in [-0.2, -0.15) is 0 Å². The van der Waals surface area contributed by atoms with Crippen molar-refractivity contribution in [2.75, 3.05) is 19.9 Å². The molecule has 2 bridgehead atoms. The van der Waals surface area contributed by atoms with Gasteiger partial charge in [-0.1, -0.05) is 58.3 Å². The molecule has 7 heteroatoms. The van der Waals surface area contributed by atoms with E-state index in [2.05, 4.69) is 29.0 Å². The highest BCUT2D eigenvalue weighted by atomic mass is 16.7. The maximum absolute atomic E-state index is 12.6. The summed E-state index contributed by atoms with van der Waals surface area (Å²) in [7, 11) is 0. The van der Waals surface area contributed by atoms with Crippen LogP contribution in [0.4, 0.5) is 4.79 Å². The zero-order valence-corrected chi connectivity index (χ0v) is 20.3. The first kappa shape index (κ1) is 24.4. The van der Waals surface area contributed by atoms with E-state index in [1.54, 1.807) is 17.3 Å². The van der Waals surface area contributed by atoms with E-state index < -0.39 is 6.09 Å². The van der Waals surface area contributed by atoms with Crippen LogP contribution in [-0.4, -0.2) is 46.8 Å². The number of esters is 1. The third-order valence-corrected chi connectivity index (χ3v) is 7.15. The third kappa shape index (κ3) is 6.24. The Kier molecular flexibility index (Phi) is 8.72. The average molecular weight is 468 g/mol. The van der Waals surface area contributed by atoms with E-state index in [-0.39, 0.29) is 24.6 Å². The van der Waals surface area contributed by atoms with Gasteiger partial charge in [-0.15, -0.1) is 0 Å². The van der Waals surface area contributed by atoms with Crippen LogP contribution in [-0.2, 0) is 14.3 Å². The topological polar surface area (TPSA) is 81.6 Å². The van der Waals surface area contributed by atoms with Crippen molar-refractivity contribution in [3.63, 3.8) is 0 Å². The molecule has 2 heterocycles. The number of nitrogens with zero attached hydrogens (tertiary/aromatic N) is 3. The maximum Gasteiger partial charge on any atom is 0.412 e. The van der Waals surface area contributed by atoms with Crippen LogP contribution < -0.4 is 0 Å². The van der Waals surface area contributed by atoms with Crippen LogP contribution in [0, 0.1) is 0 Å². The molecule has 34 heavy (non-hydrogen) atoms. The van der Waals surface area contributed by atoms with Crippen molar-refractivity contribution in [2.45, 2.75) is 89.4 Å². The Bertz CT molecular complexity index is 929. The van der Waals surface area contributed by atoms with Crippen LogP contribution in [0.25, 0.3) is 11.0 Å². The summed E-state index contributed by atoms with van der Waals surface area (Å²) in [4.78, 5) is 35.1.